The summed E-state index contributed by atoms with van der Waals surface area (Å²) >= 11 is 0. The Morgan fingerprint density at radius 3 is 2.38 bits per heavy atom. The minimum absolute atomic E-state index is 0.168. The molecule has 0 amide bonds. The molecule has 2 nitrogen and oxygen atoms in total. The molecule has 1 aromatic rings. The molecule has 2 heteroatoms. The predicted molar refractivity (Wildman–Crippen MR) is 66.7 cm³/mol. The van der Waals surface area contributed by atoms with Gasteiger partial charge in [0.2, 0.25) is 0 Å². The lowest BCUT2D eigenvalue weighted by atomic mass is 9.84. The Balaban J connectivity index is 2.65. The van der Waals surface area contributed by atoms with E-state index in [1.54, 1.807) is 7.11 Å². The third-order valence-corrected chi connectivity index (χ3v) is 2.51. The molecule has 0 fully saturated rings. The molecule has 0 saturated carbocycles. The van der Waals surface area contributed by atoms with Gasteiger partial charge in [0.15, 0.2) is 0 Å². The van der Waals surface area contributed by atoms with Crippen LogP contribution in [0.4, 0.5) is 0 Å². The average molecular weight is 222 g/mol. The van der Waals surface area contributed by atoms with Crippen molar-refractivity contribution in [3.8, 4) is 0 Å². The molecule has 1 rings (SSSR count). The molecule has 0 spiro atoms. The molecule has 0 aliphatic heterocycles. The van der Waals surface area contributed by atoms with Crippen LogP contribution in [0.5, 0.6) is 0 Å². The van der Waals surface area contributed by atoms with Gasteiger partial charge < -0.3 is 9.47 Å². The lowest BCUT2D eigenvalue weighted by Gasteiger charge is -2.22. The van der Waals surface area contributed by atoms with Crippen LogP contribution in [0.2, 0.25) is 0 Å². The van der Waals surface area contributed by atoms with E-state index in [4.69, 9.17) is 9.47 Å². The summed E-state index contributed by atoms with van der Waals surface area (Å²) in [5.41, 5.74) is 2.79. The number of rotatable bonds is 5. The summed E-state index contributed by atoms with van der Waals surface area (Å²) in [4.78, 5) is 0. The Morgan fingerprint density at radius 2 is 1.75 bits per heavy atom. The molecular formula is C14H22O2. The molecular weight excluding hydrogens is 200 g/mol. The van der Waals surface area contributed by atoms with Crippen LogP contribution in [-0.4, -0.2) is 20.3 Å². The van der Waals surface area contributed by atoms with E-state index in [2.05, 4.69) is 45.0 Å². The zero-order valence-electron chi connectivity index (χ0n) is 10.7. The Morgan fingerprint density at radius 1 is 1.06 bits per heavy atom. The van der Waals surface area contributed by atoms with Crippen molar-refractivity contribution in [1.82, 2.24) is 0 Å². The van der Waals surface area contributed by atoms with Crippen molar-refractivity contribution in [2.24, 2.45) is 0 Å². The maximum Gasteiger partial charge on any atom is 0.0720 e. The zero-order chi connectivity index (χ0) is 12.0. The van der Waals surface area contributed by atoms with Gasteiger partial charge in [-0.1, -0.05) is 45.0 Å². The predicted octanol–water partition coefficient (Wildman–Crippen LogP) is 3.15. The first kappa shape index (κ1) is 13.2. The molecule has 0 heterocycles. The topological polar surface area (TPSA) is 18.5 Å². The molecule has 0 aliphatic rings. The highest BCUT2D eigenvalue weighted by atomic mass is 16.5. The summed E-state index contributed by atoms with van der Waals surface area (Å²) in [6.07, 6.45) is 0. The zero-order valence-corrected chi connectivity index (χ0v) is 10.7. The Labute approximate surface area is 98.6 Å². The fraction of sp³-hybridized carbons (Fsp3) is 0.571. The molecule has 0 saturated heterocycles. The van der Waals surface area contributed by atoms with Crippen molar-refractivity contribution in [3.63, 3.8) is 0 Å². The Kier molecular flexibility index (Phi) is 4.97. The first-order chi connectivity index (χ1) is 7.55. The van der Waals surface area contributed by atoms with Gasteiger partial charge in [0.1, 0.15) is 0 Å². The van der Waals surface area contributed by atoms with Crippen LogP contribution < -0.4 is 0 Å². The van der Waals surface area contributed by atoms with Crippen LogP contribution in [0.25, 0.3) is 0 Å². The molecule has 90 valence electrons. The Hall–Kier alpha value is -0.860. The lowest BCUT2D eigenvalue weighted by Crippen LogP contribution is -2.15. The molecule has 0 bridgehead atoms. The summed E-state index contributed by atoms with van der Waals surface area (Å²) in [5, 5.41) is 0. The number of ether oxygens (including phenoxy) is 2. The van der Waals surface area contributed by atoms with E-state index < -0.39 is 0 Å². The van der Waals surface area contributed by atoms with E-state index in [1.807, 2.05) is 0 Å². The molecule has 0 N–H and O–H groups in total. The van der Waals surface area contributed by atoms with Crippen molar-refractivity contribution in [2.45, 2.75) is 32.8 Å². The molecule has 0 atom stereocenters. The minimum Gasteiger partial charge on any atom is -0.382 e. The highest BCUT2D eigenvalue weighted by molar-refractivity contribution is 5.32. The number of hydrogen-bond acceptors (Lipinski definition) is 2. The fourth-order valence-electron chi connectivity index (χ4n) is 1.70. The van der Waals surface area contributed by atoms with Crippen LogP contribution in [0.3, 0.4) is 0 Å². The van der Waals surface area contributed by atoms with Crippen LogP contribution >= 0.6 is 0 Å². The van der Waals surface area contributed by atoms with E-state index in [1.165, 1.54) is 11.1 Å². The molecule has 0 radical (unpaired) electrons. The smallest absolute Gasteiger partial charge is 0.0720 e. The second kappa shape index (κ2) is 6.02. The van der Waals surface area contributed by atoms with E-state index in [9.17, 15) is 0 Å². The molecule has 0 aromatic heterocycles. The second-order valence-corrected chi connectivity index (χ2v) is 4.95. The standard InChI is InChI=1S/C14H22O2/c1-14(2,3)13-8-6-5-7-12(13)11-16-10-9-15-4/h5-8H,9-11H2,1-4H3. The van der Waals surface area contributed by atoms with Crippen molar-refractivity contribution in [3.05, 3.63) is 35.4 Å². The van der Waals surface area contributed by atoms with Gasteiger partial charge in [0.05, 0.1) is 19.8 Å². The van der Waals surface area contributed by atoms with Gasteiger partial charge in [0.25, 0.3) is 0 Å². The number of hydrogen-bond donors (Lipinski definition) is 0. The van der Waals surface area contributed by atoms with Crippen LogP contribution in [0.15, 0.2) is 24.3 Å². The SMILES string of the molecule is COCCOCc1ccccc1C(C)(C)C. The maximum absolute atomic E-state index is 5.57. The molecule has 0 unspecified atom stereocenters. The van der Waals surface area contributed by atoms with E-state index in [0.29, 0.717) is 19.8 Å². The second-order valence-electron chi connectivity index (χ2n) is 4.95. The van der Waals surface area contributed by atoms with Crippen molar-refractivity contribution in [1.29, 1.82) is 0 Å². The van der Waals surface area contributed by atoms with Gasteiger partial charge in [-0.15, -0.1) is 0 Å². The Bertz CT molecular complexity index is 313. The molecule has 1 aromatic carbocycles. The monoisotopic (exact) mass is 222 g/mol. The fourth-order valence-corrected chi connectivity index (χ4v) is 1.70. The molecule has 16 heavy (non-hydrogen) atoms. The normalized spacial score (nSPS) is 11.8. The summed E-state index contributed by atoms with van der Waals surface area (Å²) in [6, 6.07) is 8.45. The van der Waals surface area contributed by atoms with Crippen molar-refractivity contribution < 1.29 is 9.47 Å². The summed E-state index contributed by atoms with van der Waals surface area (Å²) in [5.74, 6) is 0. The van der Waals surface area contributed by atoms with E-state index >= 15 is 0 Å². The van der Waals surface area contributed by atoms with Crippen LogP contribution in [-0.2, 0) is 21.5 Å². The quantitative estimate of drug-likeness (QED) is 0.712. The van der Waals surface area contributed by atoms with Gasteiger partial charge in [-0.05, 0) is 16.5 Å². The number of methoxy groups -OCH3 is 1. The highest BCUT2D eigenvalue weighted by Gasteiger charge is 2.16. The van der Waals surface area contributed by atoms with Gasteiger partial charge >= 0.3 is 0 Å². The first-order valence-electron chi connectivity index (χ1n) is 5.71. The summed E-state index contributed by atoms with van der Waals surface area (Å²) in [6.45, 7) is 8.63. The van der Waals surface area contributed by atoms with Gasteiger partial charge in [-0.2, -0.15) is 0 Å². The van der Waals surface area contributed by atoms with Gasteiger partial charge in [-0.3, -0.25) is 0 Å². The minimum atomic E-state index is 0.168. The van der Waals surface area contributed by atoms with E-state index in [-0.39, 0.29) is 5.41 Å². The van der Waals surface area contributed by atoms with E-state index in [0.717, 1.165) is 0 Å². The first-order valence-corrected chi connectivity index (χ1v) is 5.71. The molecule has 0 aliphatic carbocycles. The van der Waals surface area contributed by atoms with Crippen molar-refractivity contribution >= 4 is 0 Å². The average Bonchev–Trinajstić information content (AvgIpc) is 2.24. The lowest BCUT2D eigenvalue weighted by molar-refractivity contribution is 0.0611. The maximum atomic E-state index is 5.57. The van der Waals surface area contributed by atoms with Gasteiger partial charge in [0, 0.05) is 7.11 Å². The number of benzene rings is 1. The highest BCUT2D eigenvalue weighted by Crippen LogP contribution is 2.25. The van der Waals surface area contributed by atoms with Crippen LogP contribution in [0, 0.1) is 0 Å². The summed E-state index contributed by atoms with van der Waals surface area (Å²) in [7, 11) is 1.69. The van der Waals surface area contributed by atoms with Crippen molar-refractivity contribution in [2.75, 3.05) is 20.3 Å². The van der Waals surface area contributed by atoms with Gasteiger partial charge in [-0.25, -0.2) is 0 Å². The van der Waals surface area contributed by atoms with Crippen LogP contribution in [0.1, 0.15) is 31.9 Å². The third kappa shape index (κ3) is 3.95. The third-order valence-electron chi connectivity index (χ3n) is 2.51. The largest absolute Gasteiger partial charge is 0.382 e. The summed E-state index contributed by atoms with van der Waals surface area (Å²) < 4.78 is 10.5.